The number of rotatable bonds is 3. The molecular weight excluding hydrogens is 282 g/mol. The number of urea groups is 1. The topological polar surface area (TPSA) is 54.0 Å². The first kappa shape index (κ1) is 13.9. The molecule has 1 aromatic heterocycles. The Morgan fingerprint density at radius 1 is 1.29 bits per heavy atom. The van der Waals surface area contributed by atoms with Crippen LogP contribution in [0, 0.1) is 0 Å². The normalized spacial score (nSPS) is 16.9. The number of amides is 2. The Morgan fingerprint density at radius 3 is 3.05 bits per heavy atom. The van der Waals surface area contributed by atoms with Crippen molar-refractivity contribution < 1.29 is 4.79 Å². The van der Waals surface area contributed by atoms with Crippen LogP contribution in [0.2, 0.25) is 0 Å². The van der Waals surface area contributed by atoms with Crippen molar-refractivity contribution in [3.63, 3.8) is 0 Å². The predicted octanol–water partition coefficient (Wildman–Crippen LogP) is 3.12. The first-order chi connectivity index (χ1) is 10.3. The smallest absolute Gasteiger partial charge is 0.315 e. The SMILES string of the molecule is O=C(NCc1cccnc1)N[C@@H]1CCSc2ccccc21. The van der Waals surface area contributed by atoms with Crippen molar-refractivity contribution in [2.75, 3.05) is 5.75 Å². The molecule has 21 heavy (non-hydrogen) atoms. The summed E-state index contributed by atoms with van der Waals surface area (Å²) in [6, 6.07) is 12.0. The van der Waals surface area contributed by atoms with Gasteiger partial charge >= 0.3 is 6.03 Å². The Morgan fingerprint density at radius 2 is 2.19 bits per heavy atom. The molecule has 2 N–H and O–H groups in total. The number of carbonyl (C=O) groups excluding carboxylic acids is 1. The summed E-state index contributed by atoms with van der Waals surface area (Å²) in [7, 11) is 0. The van der Waals surface area contributed by atoms with Crippen LogP contribution >= 0.6 is 11.8 Å². The summed E-state index contributed by atoms with van der Waals surface area (Å²) in [5.41, 5.74) is 2.21. The summed E-state index contributed by atoms with van der Waals surface area (Å²) in [6.45, 7) is 0.489. The number of nitrogens with zero attached hydrogens (tertiary/aromatic N) is 1. The minimum Gasteiger partial charge on any atom is -0.334 e. The van der Waals surface area contributed by atoms with Gasteiger partial charge in [-0.15, -0.1) is 11.8 Å². The van der Waals surface area contributed by atoms with E-state index >= 15 is 0 Å². The molecule has 0 unspecified atom stereocenters. The van der Waals surface area contributed by atoms with E-state index in [9.17, 15) is 4.79 Å². The molecule has 3 rings (SSSR count). The Kier molecular flexibility index (Phi) is 4.40. The van der Waals surface area contributed by atoms with Gasteiger partial charge in [0.15, 0.2) is 0 Å². The Labute approximate surface area is 128 Å². The summed E-state index contributed by atoms with van der Waals surface area (Å²) in [4.78, 5) is 17.3. The van der Waals surface area contributed by atoms with E-state index < -0.39 is 0 Å². The molecule has 4 nitrogen and oxygen atoms in total. The number of hydrogen-bond donors (Lipinski definition) is 2. The van der Waals surface area contributed by atoms with Gasteiger partial charge in [0.1, 0.15) is 0 Å². The molecule has 5 heteroatoms. The summed E-state index contributed by atoms with van der Waals surface area (Å²) in [6.07, 6.45) is 4.44. The van der Waals surface area contributed by atoms with Crippen LogP contribution in [-0.4, -0.2) is 16.8 Å². The number of nitrogens with one attached hydrogen (secondary N) is 2. The molecule has 2 aromatic rings. The highest BCUT2D eigenvalue weighted by Crippen LogP contribution is 2.35. The fourth-order valence-electron chi connectivity index (χ4n) is 2.39. The first-order valence-electron chi connectivity index (χ1n) is 6.98. The third kappa shape index (κ3) is 3.55. The van der Waals surface area contributed by atoms with E-state index in [4.69, 9.17) is 0 Å². The summed E-state index contributed by atoms with van der Waals surface area (Å²) < 4.78 is 0. The van der Waals surface area contributed by atoms with Gasteiger partial charge in [0.05, 0.1) is 6.04 Å². The van der Waals surface area contributed by atoms with E-state index in [0.29, 0.717) is 6.54 Å². The van der Waals surface area contributed by atoms with E-state index in [0.717, 1.165) is 17.7 Å². The monoisotopic (exact) mass is 299 g/mol. The average Bonchev–Trinajstić information content (AvgIpc) is 2.54. The van der Waals surface area contributed by atoms with Crippen molar-refractivity contribution >= 4 is 17.8 Å². The van der Waals surface area contributed by atoms with Crippen LogP contribution in [-0.2, 0) is 6.54 Å². The molecule has 2 amide bonds. The average molecular weight is 299 g/mol. The second-order valence-corrected chi connectivity index (χ2v) is 6.05. The van der Waals surface area contributed by atoms with Crippen LogP contribution in [0.5, 0.6) is 0 Å². The molecule has 1 aliphatic heterocycles. The lowest BCUT2D eigenvalue weighted by Gasteiger charge is -2.25. The van der Waals surface area contributed by atoms with Crippen LogP contribution in [0.4, 0.5) is 4.79 Å². The van der Waals surface area contributed by atoms with Crippen molar-refractivity contribution in [2.24, 2.45) is 0 Å². The Bertz CT molecular complexity index is 618. The van der Waals surface area contributed by atoms with Gasteiger partial charge in [0, 0.05) is 29.6 Å². The van der Waals surface area contributed by atoms with Gasteiger partial charge in [-0.25, -0.2) is 4.79 Å². The third-order valence-electron chi connectivity index (χ3n) is 3.44. The van der Waals surface area contributed by atoms with Gasteiger partial charge in [-0.05, 0) is 29.7 Å². The number of carbonyl (C=O) groups is 1. The molecule has 0 radical (unpaired) electrons. The number of thioether (sulfide) groups is 1. The van der Waals surface area contributed by atoms with Crippen molar-refractivity contribution in [1.29, 1.82) is 0 Å². The van der Waals surface area contributed by atoms with Crippen LogP contribution in [0.25, 0.3) is 0 Å². The molecule has 0 spiro atoms. The molecule has 1 aliphatic rings. The minimum absolute atomic E-state index is 0.0938. The van der Waals surface area contributed by atoms with Crippen molar-refractivity contribution in [2.45, 2.75) is 23.9 Å². The molecule has 1 atom stereocenters. The zero-order chi connectivity index (χ0) is 14.5. The maximum absolute atomic E-state index is 12.0. The molecular formula is C16H17N3OS. The van der Waals surface area contributed by atoms with Gasteiger partial charge in [0.2, 0.25) is 0 Å². The zero-order valence-electron chi connectivity index (χ0n) is 11.6. The number of pyridine rings is 1. The highest BCUT2D eigenvalue weighted by Gasteiger charge is 2.21. The number of aromatic nitrogens is 1. The molecule has 0 fully saturated rings. The molecule has 1 aromatic carbocycles. The van der Waals surface area contributed by atoms with Crippen LogP contribution < -0.4 is 10.6 Å². The molecule has 0 bridgehead atoms. The zero-order valence-corrected chi connectivity index (χ0v) is 12.4. The quantitative estimate of drug-likeness (QED) is 0.915. The van der Waals surface area contributed by atoms with Crippen molar-refractivity contribution in [3.8, 4) is 0 Å². The van der Waals surface area contributed by atoms with E-state index in [1.807, 2.05) is 36.0 Å². The molecule has 2 heterocycles. The fourth-order valence-corrected chi connectivity index (χ4v) is 3.51. The number of benzene rings is 1. The first-order valence-corrected chi connectivity index (χ1v) is 7.96. The predicted molar refractivity (Wildman–Crippen MR) is 84.1 cm³/mol. The van der Waals surface area contributed by atoms with Crippen LogP contribution in [0.15, 0.2) is 53.7 Å². The third-order valence-corrected chi connectivity index (χ3v) is 4.56. The minimum atomic E-state index is -0.134. The second kappa shape index (κ2) is 6.63. The van der Waals surface area contributed by atoms with Gasteiger partial charge in [-0.3, -0.25) is 4.98 Å². The highest BCUT2D eigenvalue weighted by atomic mass is 32.2. The summed E-state index contributed by atoms with van der Waals surface area (Å²) >= 11 is 1.85. The number of hydrogen-bond acceptors (Lipinski definition) is 3. The molecule has 0 aliphatic carbocycles. The molecule has 108 valence electrons. The summed E-state index contributed by atoms with van der Waals surface area (Å²) in [5.74, 6) is 1.03. The number of fused-ring (bicyclic) bond motifs is 1. The standard InChI is InChI=1S/C16H17N3OS/c20-16(18-11-12-4-3-8-17-10-12)19-14-7-9-21-15-6-2-1-5-13(14)15/h1-6,8,10,14H,7,9,11H2,(H2,18,19,20)/t14-/m1/s1. The van der Waals surface area contributed by atoms with Crippen molar-refractivity contribution in [3.05, 3.63) is 59.9 Å². The summed E-state index contributed by atoms with van der Waals surface area (Å²) in [5, 5.41) is 5.94. The van der Waals surface area contributed by atoms with Crippen LogP contribution in [0.3, 0.4) is 0 Å². The van der Waals surface area contributed by atoms with Crippen molar-refractivity contribution in [1.82, 2.24) is 15.6 Å². The lowest BCUT2D eigenvalue weighted by Crippen LogP contribution is -2.38. The van der Waals surface area contributed by atoms with E-state index in [2.05, 4.69) is 27.8 Å². The lowest BCUT2D eigenvalue weighted by atomic mass is 10.0. The largest absolute Gasteiger partial charge is 0.334 e. The lowest BCUT2D eigenvalue weighted by molar-refractivity contribution is 0.236. The molecule has 0 saturated heterocycles. The van der Waals surface area contributed by atoms with Gasteiger partial charge in [0.25, 0.3) is 0 Å². The molecule has 0 saturated carbocycles. The second-order valence-electron chi connectivity index (χ2n) is 4.92. The van der Waals surface area contributed by atoms with Gasteiger partial charge in [-0.1, -0.05) is 24.3 Å². The van der Waals surface area contributed by atoms with Gasteiger partial charge < -0.3 is 10.6 Å². The van der Waals surface area contributed by atoms with E-state index in [1.54, 1.807) is 12.4 Å². The Hall–Kier alpha value is -2.01. The highest BCUT2D eigenvalue weighted by molar-refractivity contribution is 7.99. The maximum Gasteiger partial charge on any atom is 0.315 e. The fraction of sp³-hybridized carbons (Fsp3) is 0.250. The van der Waals surface area contributed by atoms with Crippen LogP contribution in [0.1, 0.15) is 23.6 Å². The van der Waals surface area contributed by atoms with E-state index in [1.165, 1.54) is 10.5 Å². The maximum atomic E-state index is 12.0. The Balaban J connectivity index is 1.58. The van der Waals surface area contributed by atoms with E-state index in [-0.39, 0.29) is 12.1 Å². The van der Waals surface area contributed by atoms with Gasteiger partial charge in [-0.2, -0.15) is 0 Å².